The van der Waals surface area contributed by atoms with E-state index in [4.69, 9.17) is 0 Å². The Morgan fingerprint density at radius 2 is 1.59 bits per heavy atom. The van der Waals surface area contributed by atoms with Crippen molar-refractivity contribution in [2.24, 2.45) is 0 Å². The summed E-state index contributed by atoms with van der Waals surface area (Å²) in [4.78, 5) is 10.3. The molecule has 1 amide bonds. The van der Waals surface area contributed by atoms with Gasteiger partial charge in [-0.25, -0.2) is 0 Å². The molecule has 3 heteroatoms. The Balaban J connectivity index is 3.82. The second-order valence-corrected chi connectivity index (χ2v) is 7.26. The van der Waals surface area contributed by atoms with Crippen LogP contribution >= 0.6 is 11.8 Å². The molecule has 126 valence electrons. The lowest BCUT2D eigenvalue weighted by Crippen LogP contribution is -2.26. The molecular formula is C19H33NOS. The summed E-state index contributed by atoms with van der Waals surface area (Å²) >= 11 is 1.86. The number of hydrogen-bond donors (Lipinski definition) is 1. The Kier molecular flexibility index (Phi) is 13.1. The van der Waals surface area contributed by atoms with Gasteiger partial charge in [0.25, 0.3) is 0 Å². The van der Waals surface area contributed by atoms with Crippen molar-refractivity contribution in [3.63, 3.8) is 0 Å². The summed E-state index contributed by atoms with van der Waals surface area (Å²) < 4.78 is 0. The maximum atomic E-state index is 10.3. The van der Waals surface area contributed by atoms with Gasteiger partial charge in [-0.1, -0.05) is 34.9 Å². The van der Waals surface area contributed by atoms with Gasteiger partial charge in [0.05, 0.1) is 0 Å². The Hall–Kier alpha value is -0.960. The van der Waals surface area contributed by atoms with Crippen LogP contribution in [-0.4, -0.2) is 24.0 Å². The Labute approximate surface area is 141 Å². The lowest BCUT2D eigenvalue weighted by atomic mass is 10.1. The van der Waals surface area contributed by atoms with Crippen LogP contribution < -0.4 is 5.32 Å². The number of rotatable bonds is 12. The third-order valence-corrected chi connectivity index (χ3v) is 4.53. The Morgan fingerprint density at radius 1 is 1.00 bits per heavy atom. The molecule has 0 aromatic heterocycles. The predicted molar refractivity (Wildman–Crippen MR) is 101 cm³/mol. The maximum Gasteiger partial charge on any atom is 0.207 e. The molecule has 0 fully saturated rings. The summed E-state index contributed by atoms with van der Waals surface area (Å²) in [5, 5.41) is 2.77. The summed E-state index contributed by atoms with van der Waals surface area (Å²) in [5.41, 5.74) is 4.35. The van der Waals surface area contributed by atoms with E-state index in [1.54, 1.807) is 0 Å². The first-order valence-electron chi connectivity index (χ1n) is 8.17. The van der Waals surface area contributed by atoms with Gasteiger partial charge in [-0.3, -0.25) is 4.79 Å². The highest BCUT2D eigenvalue weighted by atomic mass is 32.2. The smallest absolute Gasteiger partial charge is 0.207 e. The SMILES string of the molecule is CC(C)=CCC/C(C)=C/CC/C(C)=C/CSCC(C)NC=O. The highest BCUT2D eigenvalue weighted by molar-refractivity contribution is 7.99. The van der Waals surface area contributed by atoms with Crippen molar-refractivity contribution in [2.45, 2.75) is 66.3 Å². The highest BCUT2D eigenvalue weighted by Crippen LogP contribution is 2.12. The molecule has 0 spiro atoms. The topological polar surface area (TPSA) is 29.1 Å². The number of carbonyl (C=O) groups excluding carboxylic acids is 1. The van der Waals surface area contributed by atoms with Crippen LogP contribution in [0.25, 0.3) is 0 Å². The van der Waals surface area contributed by atoms with Crippen molar-refractivity contribution in [2.75, 3.05) is 11.5 Å². The number of thioether (sulfide) groups is 1. The number of hydrogen-bond acceptors (Lipinski definition) is 2. The summed E-state index contributed by atoms with van der Waals surface area (Å²) in [6, 6.07) is 0.252. The number of allylic oxidation sites excluding steroid dienone is 5. The molecular weight excluding hydrogens is 290 g/mol. The molecule has 0 aromatic carbocycles. The van der Waals surface area contributed by atoms with E-state index in [0.717, 1.165) is 37.2 Å². The quantitative estimate of drug-likeness (QED) is 0.301. The minimum atomic E-state index is 0.252. The summed E-state index contributed by atoms with van der Waals surface area (Å²) in [7, 11) is 0. The molecule has 0 aliphatic rings. The molecule has 1 unspecified atom stereocenters. The molecule has 0 saturated carbocycles. The van der Waals surface area contributed by atoms with E-state index in [0.29, 0.717) is 0 Å². The van der Waals surface area contributed by atoms with Crippen LogP contribution in [0.2, 0.25) is 0 Å². The van der Waals surface area contributed by atoms with E-state index in [2.05, 4.69) is 51.2 Å². The van der Waals surface area contributed by atoms with E-state index in [-0.39, 0.29) is 6.04 Å². The number of amides is 1. The van der Waals surface area contributed by atoms with Crippen molar-refractivity contribution in [1.29, 1.82) is 0 Å². The van der Waals surface area contributed by atoms with Gasteiger partial charge in [0.2, 0.25) is 6.41 Å². The van der Waals surface area contributed by atoms with Crippen LogP contribution in [0.5, 0.6) is 0 Å². The molecule has 0 saturated heterocycles. The molecule has 1 N–H and O–H groups in total. The molecule has 1 atom stereocenters. The van der Waals surface area contributed by atoms with Gasteiger partial charge in [0, 0.05) is 17.5 Å². The average Bonchev–Trinajstić information content (AvgIpc) is 2.43. The summed E-state index contributed by atoms with van der Waals surface area (Å²) in [5.74, 6) is 1.99. The van der Waals surface area contributed by atoms with E-state index in [1.807, 2.05) is 18.7 Å². The zero-order valence-electron chi connectivity index (χ0n) is 14.9. The third kappa shape index (κ3) is 14.0. The fourth-order valence-corrected chi connectivity index (χ4v) is 2.94. The number of nitrogens with one attached hydrogen (secondary N) is 1. The molecule has 0 aliphatic heterocycles. The lowest BCUT2D eigenvalue weighted by molar-refractivity contribution is -0.109. The monoisotopic (exact) mass is 323 g/mol. The normalized spacial score (nSPS) is 13.7. The minimum Gasteiger partial charge on any atom is -0.355 e. The van der Waals surface area contributed by atoms with Crippen molar-refractivity contribution < 1.29 is 4.79 Å². The van der Waals surface area contributed by atoms with E-state index >= 15 is 0 Å². The van der Waals surface area contributed by atoms with Gasteiger partial charge in [-0.05, 0) is 60.3 Å². The molecule has 0 radical (unpaired) electrons. The standard InChI is InChI=1S/C19H33NOS/c1-16(2)8-6-9-17(3)10-7-11-18(4)12-13-22-14-19(5)20-15-21/h8,10,12,15,19H,6-7,9,11,13-14H2,1-5H3,(H,20,21)/b17-10+,18-12+. The van der Waals surface area contributed by atoms with Gasteiger partial charge in [-0.2, -0.15) is 11.8 Å². The first-order valence-corrected chi connectivity index (χ1v) is 9.33. The largest absolute Gasteiger partial charge is 0.355 e. The Bertz CT molecular complexity index is 392. The fraction of sp³-hybridized carbons (Fsp3) is 0.632. The molecule has 0 bridgehead atoms. The highest BCUT2D eigenvalue weighted by Gasteiger charge is 1.98. The second kappa shape index (κ2) is 13.7. The first kappa shape index (κ1) is 21.0. The summed E-state index contributed by atoms with van der Waals surface area (Å²) in [6.07, 6.45) is 12.4. The van der Waals surface area contributed by atoms with Gasteiger partial charge in [0.15, 0.2) is 0 Å². The molecule has 0 heterocycles. The van der Waals surface area contributed by atoms with Gasteiger partial charge < -0.3 is 5.32 Å². The lowest BCUT2D eigenvalue weighted by Gasteiger charge is -2.08. The first-order chi connectivity index (χ1) is 10.5. The fourth-order valence-electron chi connectivity index (χ4n) is 1.95. The molecule has 2 nitrogen and oxygen atoms in total. The van der Waals surface area contributed by atoms with Gasteiger partial charge in [0.1, 0.15) is 0 Å². The molecule has 0 aliphatic carbocycles. The van der Waals surface area contributed by atoms with Crippen molar-refractivity contribution in [3.8, 4) is 0 Å². The Morgan fingerprint density at radius 3 is 2.18 bits per heavy atom. The van der Waals surface area contributed by atoms with Crippen LogP contribution in [0.1, 0.15) is 60.3 Å². The molecule has 0 rings (SSSR count). The molecule has 0 aromatic rings. The van der Waals surface area contributed by atoms with E-state index < -0.39 is 0 Å². The van der Waals surface area contributed by atoms with Crippen molar-refractivity contribution in [3.05, 3.63) is 34.9 Å². The summed E-state index contributed by atoms with van der Waals surface area (Å²) in [6.45, 7) is 10.8. The number of carbonyl (C=O) groups is 1. The zero-order valence-corrected chi connectivity index (χ0v) is 15.8. The van der Waals surface area contributed by atoms with Crippen LogP contribution in [0.4, 0.5) is 0 Å². The second-order valence-electron chi connectivity index (χ2n) is 6.18. The van der Waals surface area contributed by atoms with Crippen LogP contribution in [0, 0.1) is 0 Å². The minimum absolute atomic E-state index is 0.252. The van der Waals surface area contributed by atoms with Gasteiger partial charge >= 0.3 is 0 Å². The molecule has 22 heavy (non-hydrogen) atoms. The van der Waals surface area contributed by atoms with Crippen molar-refractivity contribution in [1.82, 2.24) is 5.32 Å². The predicted octanol–water partition coefficient (Wildman–Crippen LogP) is 5.27. The van der Waals surface area contributed by atoms with Crippen LogP contribution in [0.3, 0.4) is 0 Å². The zero-order chi connectivity index (χ0) is 16.8. The van der Waals surface area contributed by atoms with Crippen LogP contribution in [-0.2, 0) is 4.79 Å². The van der Waals surface area contributed by atoms with Crippen molar-refractivity contribution >= 4 is 18.2 Å². The van der Waals surface area contributed by atoms with E-state index in [9.17, 15) is 4.79 Å². The van der Waals surface area contributed by atoms with Crippen LogP contribution in [0.15, 0.2) is 34.9 Å². The maximum absolute atomic E-state index is 10.3. The van der Waals surface area contributed by atoms with E-state index in [1.165, 1.54) is 23.1 Å². The average molecular weight is 324 g/mol. The van der Waals surface area contributed by atoms with Gasteiger partial charge in [-0.15, -0.1) is 0 Å². The third-order valence-electron chi connectivity index (χ3n) is 3.39.